The van der Waals surface area contributed by atoms with E-state index < -0.39 is 0 Å². The number of anilines is 1. The summed E-state index contributed by atoms with van der Waals surface area (Å²) in [6.45, 7) is 8.47. The Hall–Kier alpha value is -1.13. The molecule has 0 amide bonds. The van der Waals surface area contributed by atoms with Gasteiger partial charge in [-0.15, -0.1) is 0 Å². The number of likely N-dealkylation sites (N-methyl/N-ethyl adjacent to an activating group) is 1. The first-order valence-electron chi connectivity index (χ1n) is 8.33. The number of fused-ring (bicyclic) bond motifs is 2. The van der Waals surface area contributed by atoms with Crippen LogP contribution >= 0.6 is 0 Å². The van der Waals surface area contributed by atoms with E-state index in [0.717, 1.165) is 43.7 Å². The highest BCUT2D eigenvalue weighted by Gasteiger charge is 2.34. The van der Waals surface area contributed by atoms with Crippen molar-refractivity contribution < 1.29 is 0 Å². The maximum absolute atomic E-state index is 4.87. The zero-order valence-corrected chi connectivity index (χ0v) is 13.6. The monoisotopic (exact) mass is 288 g/mol. The molecule has 2 saturated heterocycles. The number of aromatic nitrogens is 1. The van der Waals surface area contributed by atoms with Crippen LogP contribution in [0.25, 0.3) is 0 Å². The molecule has 2 aliphatic rings. The van der Waals surface area contributed by atoms with Crippen LogP contribution in [0, 0.1) is 6.92 Å². The molecule has 1 N–H and O–H groups in total. The average Bonchev–Trinajstić information content (AvgIpc) is 2.71. The zero-order valence-electron chi connectivity index (χ0n) is 13.6. The predicted molar refractivity (Wildman–Crippen MR) is 87.8 cm³/mol. The van der Waals surface area contributed by atoms with Crippen molar-refractivity contribution in [2.75, 3.05) is 31.6 Å². The van der Waals surface area contributed by atoms with Crippen molar-refractivity contribution in [3.8, 4) is 0 Å². The second-order valence-corrected chi connectivity index (χ2v) is 6.48. The molecule has 1 aromatic heterocycles. The fraction of sp³-hybridized carbons (Fsp3) is 0.706. The highest BCUT2D eigenvalue weighted by Crippen LogP contribution is 2.30. The van der Waals surface area contributed by atoms with Gasteiger partial charge in [0.15, 0.2) is 0 Å². The summed E-state index contributed by atoms with van der Waals surface area (Å²) >= 11 is 0. The molecule has 2 atom stereocenters. The van der Waals surface area contributed by atoms with E-state index in [2.05, 4.69) is 48.1 Å². The van der Waals surface area contributed by atoms with Crippen molar-refractivity contribution >= 4 is 5.82 Å². The molecule has 0 aromatic carbocycles. The summed E-state index contributed by atoms with van der Waals surface area (Å²) in [5, 5.41) is 3.38. The molecule has 0 radical (unpaired) electrons. The second-order valence-electron chi connectivity index (χ2n) is 6.48. The highest BCUT2D eigenvalue weighted by atomic mass is 15.3. The molecule has 0 saturated carbocycles. The van der Waals surface area contributed by atoms with E-state index in [4.69, 9.17) is 4.98 Å². The predicted octanol–water partition coefficient (Wildman–Crippen LogP) is 2.17. The first kappa shape index (κ1) is 14.8. The van der Waals surface area contributed by atoms with Crippen molar-refractivity contribution in [3.63, 3.8) is 0 Å². The van der Waals surface area contributed by atoms with Crippen molar-refractivity contribution in [3.05, 3.63) is 23.4 Å². The lowest BCUT2D eigenvalue weighted by Crippen LogP contribution is -2.37. The molecule has 4 heteroatoms. The topological polar surface area (TPSA) is 31.4 Å². The third kappa shape index (κ3) is 3.06. The number of nitrogens with one attached hydrogen (secondary N) is 1. The van der Waals surface area contributed by atoms with Gasteiger partial charge < -0.3 is 10.2 Å². The van der Waals surface area contributed by atoms with Gasteiger partial charge >= 0.3 is 0 Å². The van der Waals surface area contributed by atoms with Crippen LogP contribution in [-0.4, -0.2) is 48.6 Å². The number of aryl methyl sites for hydroxylation is 1. The molecule has 1 aromatic rings. The Labute approximate surface area is 128 Å². The van der Waals surface area contributed by atoms with E-state index in [9.17, 15) is 0 Å². The van der Waals surface area contributed by atoms with Crippen LogP contribution < -0.4 is 10.2 Å². The van der Waals surface area contributed by atoms with E-state index in [1.165, 1.54) is 24.8 Å². The third-order valence-electron chi connectivity index (χ3n) is 5.22. The summed E-state index contributed by atoms with van der Waals surface area (Å²) in [4.78, 5) is 9.95. The van der Waals surface area contributed by atoms with Gasteiger partial charge in [0.05, 0.1) is 0 Å². The minimum absolute atomic E-state index is 0.709. The summed E-state index contributed by atoms with van der Waals surface area (Å²) in [6, 6.07) is 5.95. The number of pyridine rings is 1. The summed E-state index contributed by atoms with van der Waals surface area (Å²) < 4.78 is 0. The van der Waals surface area contributed by atoms with Gasteiger partial charge in [-0.2, -0.15) is 0 Å². The highest BCUT2D eigenvalue weighted by molar-refractivity contribution is 5.42. The molecule has 21 heavy (non-hydrogen) atoms. The Morgan fingerprint density at radius 2 is 2.05 bits per heavy atom. The molecule has 2 bridgehead atoms. The Balaban J connectivity index is 1.73. The Morgan fingerprint density at radius 3 is 2.81 bits per heavy atom. The summed E-state index contributed by atoms with van der Waals surface area (Å²) in [6.07, 6.45) is 3.99. The molecule has 2 aliphatic heterocycles. The summed E-state index contributed by atoms with van der Waals surface area (Å²) in [5.74, 6) is 1.16. The molecular formula is C17H28N4. The smallest absolute Gasteiger partial charge is 0.128 e. The standard InChI is InChI=1S/C17H28N4/c1-4-18-11-14-5-8-17(19-13(14)2)21-10-9-15-6-7-16(12-21)20(15)3/h5,8,15-16,18H,4,6-7,9-12H2,1-3H3. The van der Waals surface area contributed by atoms with Gasteiger partial charge in [0, 0.05) is 37.4 Å². The number of rotatable bonds is 4. The summed E-state index contributed by atoms with van der Waals surface area (Å²) in [7, 11) is 2.30. The van der Waals surface area contributed by atoms with Crippen LogP contribution in [0.4, 0.5) is 5.82 Å². The number of hydrogen-bond acceptors (Lipinski definition) is 4. The van der Waals surface area contributed by atoms with Crippen molar-refractivity contribution in [2.24, 2.45) is 0 Å². The molecule has 2 unspecified atom stereocenters. The number of nitrogens with zero attached hydrogens (tertiary/aromatic N) is 3. The minimum atomic E-state index is 0.709. The van der Waals surface area contributed by atoms with Gasteiger partial charge in [0.25, 0.3) is 0 Å². The van der Waals surface area contributed by atoms with Gasteiger partial charge in [0.2, 0.25) is 0 Å². The maximum atomic E-state index is 4.87. The van der Waals surface area contributed by atoms with Crippen LogP contribution in [0.1, 0.15) is 37.4 Å². The fourth-order valence-corrected chi connectivity index (χ4v) is 3.72. The van der Waals surface area contributed by atoms with Crippen LogP contribution in [0.5, 0.6) is 0 Å². The van der Waals surface area contributed by atoms with Crippen LogP contribution in [0.3, 0.4) is 0 Å². The van der Waals surface area contributed by atoms with Crippen molar-refractivity contribution in [1.82, 2.24) is 15.2 Å². The Kier molecular flexibility index (Phi) is 4.45. The molecular weight excluding hydrogens is 260 g/mol. The second kappa shape index (κ2) is 6.32. The van der Waals surface area contributed by atoms with E-state index in [0.29, 0.717) is 6.04 Å². The fourth-order valence-electron chi connectivity index (χ4n) is 3.72. The van der Waals surface area contributed by atoms with E-state index in [1.807, 2.05) is 0 Å². The lowest BCUT2D eigenvalue weighted by molar-refractivity contribution is 0.254. The van der Waals surface area contributed by atoms with Gasteiger partial charge in [-0.05, 0) is 51.4 Å². The minimum Gasteiger partial charge on any atom is -0.355 e. The van der Waals surface area contributed by atoms with Gasteiger partial charge in [-0.3, -0.25) is 4.90 Å². The molecule has 3 rings (SSSR count). The van der Waals surface area contributed by atoms with Crippen molar-refractivity contribution in [2.45, 2.75) is 51.7 Å². The average molecular weight is 288 g/mol. The van der Waals surface area contributed by atoms with Crippen molar-refractivity contribution in [1.29, 1.82) is 0 Å². The largest absolute Gasteiger partial charge is 0.355 e. The van der Waals surface area contributed by atoms with E-state index in [1.54, 1.807) is 0 Å². The normalized spacial score (nSPS) is 26.1. The van der Waals surface area contributed by atoms with Gasteiger partial charge in [-0.1, -0.05) is 13.0 Å². The number of hydrogen-bond donors (Lipinski definition) is 1. The zero-order chi connectivity index (χ0) is 14.8. The summed E-state index contributed by atoms with van der Waals surface area (Å²) in [5.41, 5.74) is 2.48. The first-order chi connectivity index (χ1) is 10.2. The molecule has 3 heterocycles. The third-order valence-corrected chi connectivity index (χ3v) is 5.22. The van der Waals surface area contributed by atoms with E-state index in [-0.39, 0.29) is 0 Å². The van der Waals surface area contributed by atoms with Gasteiger partial charge in [-0.25, -0.2) is 4.98 Å². The van der Waals surface area contributed by atoms with Crippen LogP contribution in [0.15, 0.2) is 12.1 Å². The molecule has 116 valence electrons. The lowest BCUT2D eigenvalue weighted by Gasteiger charge is -2.27. The molecule has 4 nitrogen and oxygen atoms in total. The van der Waals surface area contributed by atoms with Crippen LogP contribution in [-0.2, 0) is 6.54 Å². The Morgan fingerprint density at radius 1 is 1.24 bits per heavy atom. The van der Waals surface area contributed by atoms with Crippen LogP contribution in [0.2, 0.25) is 0 Å². The maximum Gasteiger partial charge on any atom is 0.128 e. The molecule has 0 aliphatic carbocycles. The first-order valence-corrected chi connectivity index (χ1v) is 8.33. The molecule has 2 fully saturated rings. The quantitative estimate of drug-likeness (QED) is 0.920. The van der Waals surface area contributed by atoms with Gasteiger partial charge in [0.1, 0.15) is 5.82 Å². The SMILES string of the molecule is CCNCc1ccc(N2CCC3CCC(C2)N3C)nc1C. The molecule has 0 spiro atoms. The Bertz CT molecular complexity index is 488. The lowest BCUT2D eigenvalue weighted by atomic mass is 10.1. The van der Waals surface area contributed by atoms with E-state index >= 15 is 0 Å².